The molecule has 4 bridgehead atoms. The van der Waals surface area contributed by atoms with Crippen LogP contribution in [0.1, 0.15) is 24.0 Å². The first-order valence-electron chi connectivity index (χ1n) is 11.7. The Morgan fingerprint density at radius 1 is 0.531 bits per heavy atom. The largest absolute Gasteiger partial charge is 0.278 e. The zero-order chi connectivity index (χ0) is 21.7. The third kappa shape index (κ3) is 2.30. The number of rotatable bonds is 4. The number of imide groups is 2. The van der Waals surface area contributed by atoms with Gasteiger partial charge in [-0.25, -0.2) is 0 Å². The summed E-state index contributed by atoms with van der Waals surface area (Å²) in [5.74, 6) is 0.0239. The molecule has 4 aliphatic carbocycles. The van der Waals surface area contributed by atoms with Crippen LogP contribution >= 0.6 is 0 Å². The molecule has 8 atom stereocenters. The fraction of sp³-hybridized carbons (Fsp3) is 0.462. The molecule has 2 heterocycles. The summed E-state index contributed by atoms with van der Waals surface area (Å²) in [5, 5.41) is 0. The van der Waals surface area contributed by atoms with Crippen molar-refractivity contribution in [3.8, 4) is 0 Å². The second-order valence-corrected chi connectivity index (χ2v) is 10.3. The Morgan fingerprint density at radius 3 is 1.09 bits per heavy atom. The number of nitrogens with zero attached hydrogens (tertiary/aromatic N) is 2. The van der Waals surface area contributed by atoms with Gasteiger partial charge in [0.2, 0.25) is 23.6 Å². The topological polar surface area (TPSA) is 74.8 Å². The van der Waals surface area contributed by atoms with Crippen LogP contribution in [0.4, 0.5) is 0 Å². The second kappa shape index (κ2) is 6.27. The van der Waals surface area contributed by atoms with Crippen molar-refractivity contribution >= 4 is 23.6 Å². The second-order valence-electron chi connectivity index (χ2n) is 10.3. The molecule has 4 fully saturated rings. The van der Waals surface area contributed by atoms with Crippen molar-refractivity contribution in [1.29, 1.82) is 0 Å². The fourth-order valence-corrected chi connectivity index (χ4v) is 7.36. The maximum atomic E-state index is 12.9. The Hall–Kier alpha value is -3.02. The highest BCUT2D eigenvalue weighted by Gasteiger charge is 2.60. The molecular weight excluding hydrogens is 404 g/mol. The lowest BCUT2D eigenvalue weighted by Gasteiger charge is -2.19. The number of likely N-dealkylation sites (tertiary alicyclic amines) is 2. The van der Waals surface area contributed by atoms with Crippen molar-refractivity contribution in [1.82, 2.24) is 9.80 Å². The monoisotopic (exact) mass is 428 g/mol. The molecule has 2 saturated heterocycles. The smallest absolute Gasteiger partial charge is 0.234 e. The van der Waals surface area contributed by atoms with E-state index < -0.39 is 0 Å². The van der Waals surface area contributed by atoms with Crippen LogP contribution in [-0.4, -0.2) is 33.4 Å². The number of hydrogen-bond acceptors (Lipinski definition) is 4. The highest BCUT2D eigenvalue weighted by molar-refractivity contribution is 6.07. The number of hydrogen-bond donors (Lipinski definition) is 0. The van der Waals surface area contributed by atoms with Crippen LogP contribution in [0.3, 0.4) is 0 Å². The molecule has 162 valence electrons. The Morgan fingerprint density at radius 2 is 0.812 bits per heavy atom. The van der Waals surface area contributed by atoms with Crippen LogP contribution in [0.15, 0.2) is 48.6 Å². The highest BCUT2D eigenvalue weighted by Crippen LogP contribution is 2.53. The number of allylic oxidation sites excluding steroid dienone is 4. The van der Waals surface area contributed by atoms with E-state index in [4.69, 9.17) is 0 Å². The van der Waals surface area contributed by atoms with Gasteiger partial charge in [-0.1, -0.05) is 48.6 Å². The molecule has 0 aromatic heterocycles. The van der Waals surface area contributed by atoms with Crippen molar-refractivity contribution in [3.05, 3.63) is 59.7 Å². The standard InChI is InChI=1S/C26H24N2O4/c29-23-19-15-5-6-16(9-15)20(19)24(30)27(23)11-13-1-2-14(4-3-13)12-28-25(31)21-17-7-8-18(10-17)22(21)26(28)32/h1-8,15-22H,9-12H2/t15-,16+,17-,18+,19-,20-,21-,22+/m0/s1. The molecule has 0 spiro atoms. The maximum Gasteiger partial charge on any atom is 0.234 e. The van der Waals surface area contributed by atoms with Crippen molar-refractivity contribution in [2.45, 2.75) is 25.9 Å². The van der Waals surface area contributed by atoms with Gasteiger partial charge in [-0.05, 0) is 47.6 Å². The molecule has 2 aliphatic heterocycles. The summed E-state index contributed by atoms with van der Waals surface area (Å²) >= 11 is 0. The Bertz CT molecular complexity index is 986. The third-order valence-electron chi connectivity index (χ3n) is 8.83. The normalized spacial score (nSPS) is 40.4. The number of fused-ring (bicyclic) bond motifs is 10. The van der Waals surface area contributed by atoms with E-state index in [0.717, 1.165) is 24.0 Å². The van der Waals surface area contributed by atoms with Gasteiger partial charge < -0.3 is 0 Å². The summed E-state index contributed by atoms with van der Waals surface area (Å²) in [6.45, 7) is 0.566. The molecule has 1 aromatic carbocycles. The van der Waals surface area contributed by atoms with E-state index in [-0.39, 0.29) is 84.1 Å². The lowest BCUT2D eigenvalue weighted by Crippen LogP contribution is -2.33. The minimum absolute atomic E-state index is 0.0380. The first-order chi connectivity index (χ1) is 15.5. The minimum Gasteiger partial charge on any atom is -0.278 e. The van der Waals surface area contributed by atoms with Gasteiger partial charge in [-0.2, -0.15) is 0 Å². The van der Waals surface area contributed by atoms with E-state index >= 15 is 0 Å². The summed E-state index contributed by atoms with van der Waals surface area (Å²) in [5.41, 5.74) is 1.77. The molecule has 1 aromatic rings. The molecule has 7 rings (SSSR count). The van der Waals surface area contributed by atoms with E-state index in [1.807, 2.05) is 24.3 Å². The molecule has 0 unspecified atom stereocenters. The predicted molar refractivity (Wildman–Crippen MR) is 113 cm³/mol. The van der Waals surface area contributed by atoms with Gasteiger partial charge in [-0.15, -0.1) is 0 Å². The van der Waals surface area contributed by atoms with E-state index in [1.54, 1.807) is 0 Å². The Kier molecular flexibility index (Phi) is 3.63. The number of benzene rings is 1. The van der Waals surface area contributed by atoms with E-state index in [9.17, 15) is 19.2 Å². The lowest BCUT2D eigenvalue weighted by atomic mass is 9.85. The average molecular weight is 428 g/mol. The van der Waals surface area contributed by atoms with Crippen LogP contribution in [-0.2, 0) is 32.3 Å². The number of carbonyl (C=O) groups is 4. The fourth-order valence-electron chi connectivity index (χ4n) is 7.36. The number of carbonyl (C=O) groups excluding carboxylic acids is 4. The van der Waals surface area contributed by atoms with Gasteiger partial charge in [-0.3, -0.25) is 29.0 Å². The summed E-state index contributed by atoms with van der Waals surface area (Å²) in [7, 11) is 0. The molecule has 6 aliphatic rings. The summed E-state index contributed by atoms with van der Waals surface area (Å²) in [4.78, 5) is 54.4. The van der Waals surface area contributed by atoms with Gasteiger partial charge in [0.05, 0.1) is 36.8 Å². The van der Waals surface area contributed by atoms with E-state index in [1.165, 1.54) is 9.80 Å². The van der Waals surface area contributed by atoms with Crippen LogP contribution in [0.5, 0.6) is 0 Å². The van der Waals surface area contributed by atoms with Crippen LogP contribution < -0.4 is 0 Å². The Labute approximate surface area is 185 Å². The van der Waals surface area contributed by atoms with Crippen molar-refractivity contribution in [2.24, 2.45) is 47.3 Å². The van der Waals surface area contributed by atoms with Gasteiger partial charge in [0, 0.05) is 0 Å². The SMILES string of the molecule is O=C1[C@@H]2[C@@H](C(=O)N1Cc1ccc(CN3C(=O)[C@@H]4[C@H](C3=O)[C@@H]3C=C[C@H]4C3)cc1)[C@H]1C=C[C@@H]2C1. The van der Waals surface area contributed by atoms with Crippen LogP contribution in [0.2, 0.25) is 0 Å². The molecule has 6 heteroatoms. The number of amides is 4. The van der Waals surface area contributed by atoms with Crippen molar-refractivity contribution < 1.29 is 19.2 Å². The Balaban J connectivity index is 1.05. The zero-order valence-corrected chi connectivity index (χ0v) is 17.6. The molecule has 0 N–H and O–H groups in total. The minimum atomic E-state index is -0.173. The first-order valence-corrected chi connectivity index (χ1v) is 11.7. The van der Waals surface area contributed by atoms with Crippen LogP contribution in [0, 0.1) is 47.3 Å². The van der Waals surface area contributed by atoms with Gasteiger partial charge in [0.1, 0.15) is 0 Å². The van der Waals surface area contributed by atoms with Gasteiger partial charge in [0.15, 0.2) is 0 Å². The first kappa shape index (κ1) is 18.5. The van der Waals surface area contributed by atoms with Crippen LogP contribution in [0.25, 0.3) is 0 Å². The maximum absolute atomic E-state index is 12.9. The molecule has 32 heavy (non-hydrogen) atoms. The highest BCUT2D eigenvalue weighted by atomic mass is 16.2. The molecular formula is C26H24N2O4. The quantitative estimate of drug-likeness (QED) is 0.545. The molecule has 6 nitrogen and oxygen atoms in total. The summed E-state index contributed by atoms with van der Waals surface area (Å²) < 4.78 is 0. The van der Waals surface area contributed by atoms with Crippen molar-refractivity contribution in [3.63, 3.8) is 0 Å². The lowest BCUT2D eigenvalue weighted by molar-refractivity contribution is -0.143. The molecule has 2 saturated carbocycles. The summed E-state index contributed by atoms with van der Waals surface area (Å²) in [6, 6.07) is 7.59. The zero-order valence-electron chi connectivity index (χ0n) is 17.6. The third-order valence-corrected chi connectivity index (χ3v) is 8.83. The van der Waals surface area contributed by atoms with E-state index in [0.29, 0.717) is 0 Å². The van der Waals surface area contributed by atoms with Crippen molar-refractivity contribution in [2.75, 3.05) is 0 Å². The summed E-state index contributed by atoms with van der Waals surface area (Å²) in [6.07, 6.45) is 10.3. The van der Waals surface area contributed by atoms with E-state index in [2.05, 4.69) is 24.3 Å². The van der Waals surface area contributed by atoms with Gasteiger partial charge in [0.25, 0.3) is 0 Å². The molecule has 0 radical (unpaired) electrons. The predicted octanol–water partition coefficient (Wildman–Crippen LogP) is 2.30. The molecule has 4 amide bonds. The van der Waals surface area contributed by atoms with Gasteiger partial charge >= 0.3 is 0 Å². The average Bonchev–Trinajstić information content (AvgIpc) is 3.62.